The van der Waals surface area contributed by atoms with Gasteiger partial charge in [-0.05, 0) is 36.2 Å². The average molecular weight is 476 g/mol. The number of amides is 2. The van der Waals surface area contributed by atoms with Crippen molar-refractivity contribution >= 4 is 39.7 Å². The van der Waals surface area contributed by atoms with Gasteiger partial charge >= 0.3 is 0 Å². The minimum Gasteiger partial charge on any atom is -0.369 e. The van der Waals surface area contributed by atoms with Crippen LogP contribution in [-0.2, 0) is 22.6 Å². The lowest BCUT2D eigenvalue weighted by molar-refractivity contribution is -0.117. The Hall–Kier alpha value is -3.23. The molecule has 1 aromatic heterocycles. The summed E-state index contributed by atoms with van der Waals surface area (Å²) < 4.78 is 0. The van der Waals surface area contributed by atoms with Crippen LogP contribution in [-0.4, -0.2) is 54.4 Å². The predicted octanol–water partition coefficient (Wildman–Crippen LogP) is 3.77. The molecule has 2 aliphatic rings. The van der Waals surface area contributed by atoms with Gasteiger partial charge in [0.2, 0.25) is 11.8 Å². The van der Waals surface area contributed by atoms with E-state index in [9.17, 15) is 9.59 Å². The third-order valence-corrected chi connectivity index (χ3v) is 7.24. The van der Waals surface area contributed by atoms with Crippen LogP contribution in [0.4, 0.5) is 16.5 Å². The molecule has 2 amide bonds. The van der Waals surface area contributed by atoms with Gasteiger partial charge in [0.15, 0.2) is 5.13 Å². The molecule has 2 aromatic carbocycles. The van der Waals surface area contributed by atoms with Crippen LogP contribution in [0.1, 0.15) is 24.1 Å². The smallest absolute Gasteiger partial charge is 0.230 e. The number of thiazole rings is 1. The number of hydrogen-bond donors (Lipinski definition) is 1. The fraction of sp³-hybridized carbons (Fsp3) is 0.346. The number of aromatic nitrogens is 1. The van der Waals surface area contributed by atoms with E-state index in [1.165, 1.54) is 22.6 Å². The summed E-state index contributed by atoms with van der Waals surface area (Å²) in [6, 6.07) is 18.7. The Balaban J connectivity index is 1.10. The number of anilines is 3. The zero-order valence-electron chi connectivity index (χ0n) is 19.2. The molecule has 0 atom stereocenters. The van der Waals surface area contributed by atoms with E-state index in [1.54, 1.807) is 4.90 Å². The van der Waals surface area contributed by atoms with Crippen LogP contribution >= 0.6 is 11.3 Å². The molecule has 0 radical (unpaired) electrons. The fourth-order valence-corrected chi connectivity index (χ4v) is 5.35. The summed E-state index contributed by atoms with van der Waals surface area (Å²) in [7, 11) is 0. The van der Waals surface area contributed by atoms with E-state index in [-0.39, 0.29) is 18.2 Å². The third-order valence-electron chi connectivity index (χ3n) is 6.32. The molecule has 0 saturated carbocycles. The molecule has 3 aromatic rings. The van der Waals surface area contributed by atoms with E-state index >= 15 is 0 Å². The Bertz CT molecular complexity index is 1120. The van der Waals surface area contributed by atoms with Crippen molar-refractivity contribution in [3.8, 4) is 0 Å². The van der Waals surface area contributed by atoms with Gasteiger partial charge in [0.1, 0.15) is 0 Å². The van der Waals surface area contributed by atoms with Crippen molar-refractivity contribution in [2.75, 3.05) is 47.8 Å². The van der Waals surface area contributed by atoms with E-state index < -0.39 is 0 Å². The van der Waals surface area contributed by atoms with E-state index in [1.807, 2.05) is 17.5 Å². The average Bonchev–Trinajstić information content (AvgIpc) is 3.49. The molecular weight excluding hydrogens is 446 g/mol. The van der Waals surface area contributed by atoms with Crippen LogP contribution in [0.3, 0.4) is 0 Å². The maximum atomic E-state index is 12.5. The van der Waals surface area contributed by atoms with Gasteiger partial charge in [0.05, 0.1) is 12.1 Å². The van der Waals surface area contributed by atoms with Crippen molar-refractivity contribution in [1.82, 2.24) is 9.88 Å². The van der Waals surface area contributed by atoms with Crippen molar-refractivity contribution in [3.63, 3.8) is 0 Å². The first-order valence-corrected chi connectivity index (χ1v) is 12.7. The summed E-state index contributed by atoms with van der Waals surface area (Å²) in [4.78, 5) is 35.5. The molecule has 1 N–H and O–H groups in total. The number of nitrogens with one attached hydrogen (secondary N) is 1. The second kappa shape index (κ2) is 10.4. The van der Waals surface area contributed by atoms with Crippen LogP contribution in [0, 0.1) is 0 Å². The normalized spacial score (nSPS) is 16.8. The Morgan fingerprint density at radius 3 is 2.44 bits per heavy atom. The molecule has 3 heterocycles. The quantitative estimate of drug-likeness (QED) is 0.563. The standard InChI is InChI=1S/C26H29N5O2S/c32-24(17-22-19-34-26(28-22)31-12-4-7-25(31)33)27-21-8-10-23(11-9-21)30-15-13-29(14-16-30)18-20-5-2-1-3-6-20/h1-3,5-6,8-11,19H,4,7,12-18H2,(H,27,32). The second-order valence-corrected chi connectivity index (χ2v) is 9.63. The molecule has 0 unspecified atom stereocenters. The zero-order chi connectivity index (χ0) is 23.3. The van der Waals surface area contributed by atoms with Gasteiger partial charge in [-0.2, -0.15) is 0 Å². The van der Waals surface area contributed by atoms with E-state index in [2.05, 4.69) is 62.6 Å². The van der Waals surface area contributed by atoms with Crippen molar-refractivity contribution in [2.45, 2.75) is 25.8 Å². The van der Waals surface area contributed by atoms with Crippen LogP contribution in [0.5, 0.6) is 0 Å². The first-order valence-electron chi connectivity index (χ1n) is 11.8. The van der Waals surface area contributed by atoms with Gasteiger partial charge in [-0.1, -0.05) is 30.3 Å². The molecule has 0 bridgehead atoms. The highest BCUT2D eigenvalue weighted by molar-refractivity contribution is 7.14. The third kappa shape index (κ3) is 5.46. The summed E-state index contributed by atoms with van der Waals surface area (Å²) >= 11 is 1.42. The van der Waals surface area contributed by atoms with E-state index in [0.717, 1.165) is 44.8 Å². The van der Waals surface area contributed by atoms with Gasteiger partial charge in [0.25, 0.3) is 0 Å². The second-order valence-electron chi connectivity index (χ2n) is 8.79. The molecule has 7 nitrogen and oxygen atoms in total. The number of nitrogens with zero attached hydrogens (tertiary/aromatic N) is 4. The molecule has 5 rings (SSSR count). The summed E-state index contributed by atoms with van der Waals surface area (Å²) in [5, 5.41) is 5.52. The number of carbonyl (C=O) groups is 2. The highest BCUT2D eigenvalue weighted by Gasteiger charge is 2.24. The Labute approximate surface area is 204 Å². The highest BCUT2D eigenvalue weighted by Crippen LogP contribution is 2.26. The van der Waals surface area contributed by atoms with Gasteiger partial charge in [-0.3, -0.25) is 19.4 Å². The first-order chi connectivity index (χ1) is 16.6. The predicted molar refractivity (Wildman–Crippen MR) is 136 cm³/mol. The molecule has 2 aliphatic heterocycles. The van der Waals surface area contributed by atoms with Gasteiger partial charge in [-0.25, -0.2) is 4.98 Å². The van der Waals surface area contributed by atoms with Gasteiger partial charge in [0, 0.05) is 62.4 Å². The van der Waals surface area contributed by atoms with Crippen molar-refractivity contribution < 1.29 is 9.59 Å². The molecule has 0 aliphatic carbocycles. The Kier molecular flexibility index (Phi) is 6.87. The summed E-state index contributed by atoms with van der Waals surface area (Å²) in [5.41, 5.74) is 4.01. The van der Waals surface area contributed by atoms with Crippen LogP contribution < -0.4 is 15.1 Å². The van der Waals surface area contributed by atoms with Crippen LogP contribution in [0.25, 0.3) is 0 Å². The molecular formula is C26H29N5O2S. The molecule has 2 saturated heterocycles. The lowest BCUT2D eigenvalue weighted by Gasteiger charge is -2.36. The fourth-order valence-electron chi connectivity index (χ4n) is 4.48. The largest absolute Gasteiger partial charge is 0.369 e. The molecule has 8 heteroatoms. The van der Waals surface area contributed by atoms with Crippen molar-refractivity contribution in [1.29, 1.82) is 0 Å². The molecule has 34 heavy (non-hydrogen) atoms. The number of piperazine rings is 1. The highest BCUT2D eigenvalue weighted by atomic mass is 32.1. The van der Waals surface area contributed by atoms with Crippen LogP contribution in [0.15, 0.2) is 60.0 Å². The number of benzene rings is 2. The number of rotatable bonds is 7. The number of hydrogen-bond acceptors (Lipinski definition) is 6. The van der Waals surface area contributed by atoms with Crippen molar-refractivity contribution in [2.24, 2.45) is 0 Å². The lowest BCUT2D eigenvalue weighted by Crippen LogP contribution is -2.45. The monoisotopic (exact) mass is 475 g/mol. The van der Waals surface area contributed by atoms with Gasteiger partial charge < -0.3 is 10.2 Å². The van der Waals surface area contributed by atoms with E-state index in [0.29, 0.717) is 23.8 Å². The summed E-state index contributed by atoms with van der Waals surface area (Å²) in [6.45, 7) is 5.76. The Morgan fingerprint density at radius 2 is 1.74 bits per heavy atom. The lowest BCUT2D eigenvalue weighted by atomic mass is 10.2. The zero-order valence-corrected chi connectivity index (χ0v) is 20.0. The maximum absolute atomic E-state index is 12.5. The summed E-state index contributed by atoms with van der Waals surface area (Å²) in [5.74, 6) is 0.00919. The maximum Gasteiger partial charge on any atom is 0.230 e. The van der Waals surface area contributed by atoms with Crippen LogP contribution in [0.2, 0.25) is 0 Å². The minimum atomic E-state index is -0.105. The molecule has 2 fully saturated rings. The van der Waals surface area contributed by atoms with E-state index in [4.69, 9.17) is 0 Å². The summed E-state index contributed by atoms with van der Waals surface area (Å²) in [6.07, 6.45) is 1.64. The SMILES string of the molecule is O=C(Cc1csc(N2CCCC2=O)n1)Nc1ccc(N2CCN(Cc3ccccc3)CC2)cc1. The number of carbonyl (C=O) groups excluding carboxylic acids is 2. The molecule has 0 spiro atoms. The van der Waals surface area contributed by atoms with Crippen molar-refractivity contribution in [3.05, 3.63) is 71.2 Å². The molecule has 176 valence electrons. The minimum absolute atomic E-state index is 0.105. The van der Waals surface area contributed by atoms with Gasteiger partial charge in [-0.15, -0.1) is 11.3 Å². The topological polar surface area (TPSA) is 68.8 Å². The first kappa shape index (κ1) is 22.6. The Morgan fingerprint density at radius 1 is 0.971 bits per heavy atom.